The lowest BCUT2D eigenvalue weighted by Gasteiger charge is -2.19. The van der Waals surface area contributed by atoms with E-state index in [2.05, 4.69) is 15.4 Å². The number of carbonyl (C=O) groups is 3. The van der Waals surface area contributed by atoms with E-state index in [-0.39, 0.29) is 36.3 Å². The Morgan fingerprint density at radius 1 is 1.15 bits per heavy atom. The molecule has 1 aliphatic heterocycles. The quantitative estimate of drug-likeness (QED) is 0.443. The van der Waals surface area contributed by atoms with Gasteiger partial charge in [0.25, 0.3) is 0 Å². The summed E-state index contributed by atoms with van der Waals surface area (Å²) in [6, 6.07) is 14.8. The van der Waals surface area contributed by atoms with Crippen LogP contribution in [0.4, 0.5) is 11.6 Å². The maximum absolute atomic E-state index is 12.9. The molecule has 2 aromatic carbocycles. The molecule has 1 N–H and O–H groups in total. The number of esters is 1. The standard InChI is InChI=1S/C24H21N5O4S/c1-14-7-9-15(10-8-14)19-13-34-24-26-23(27-29(19)24)25-21(31)16-11-20(30)28(12-16)18-6-4-3-5-17(18)22(32)33-2/h3-10,13,16H,11-12H2,1-2H3,(H,25,27,31). The number of hydrogen-bond donors (Lipinski definition) is 1. The van der Waals surface area contributed by atoms with Crippen molar-refractivity contribution in [1.82, 2.24) is 14.6 Å². The van der Waals surface area contributed by atoms with Crippen molar-refractivity contribution in [3.63, 3.8) is 0 Å². The highest BCUT2D eigenvalue weighted by Crippen LogP contribution is 2.30. The average molecular weight is 476 g/mol. The summed E-state index contributed by atoms with van der Waals surface area (Å²) in [5.74, 6) is -1.54. The highest BCUT2D eigenvalue weighted by Gasteiger charge is 2.37. The van der Waals surface area contributed by atoms with Crippen LogP contribution < -0.4 is 10.2 Å². The molecule has 3 heterocycles. The van der Waals surface area contributed by atoms with Gasteiger partial charge in [0.15, 0.2) is 0 Å². The van der Waals surface area contributed by atoms with Crippen molar-refractivity contribution in [2.24, 2.45) is 5.92 Å². The zero-order valence-corrected chi connectivity index (χ0v) is 19.3. The van der Waals surface area contributed by atoms with Crippen LogP contribution in [0.5, 0.6) is 0 Å². The smallest absolute Gasteiger partial charge is 0.339 e. The zero-order valence-electron chi connectivity index (χ0n) is 18.5. The molecule has 0 radical (unpaired) electrons. The van der Waals surface area contributed by atoms with E-state index in [1.54, 1.807) is 28.8 Å². The van der Waals surface area contributed by atoms with Crippen molar-refractivity contribution in [1.29, 1.82) is 0 Å². The Balaban J connectivity index is 1.33. The van der Waals surface area contributed by atoms with E-state index in [4.69, 9.17) is 4.74 Å². The molecule has 9 nitrogen and oxygen atoms in total. The van der Waals surface area contributed by atoms with Crippen LogP contribution in [0, 0.1) is 12.8 Å². The molecule has 10 heteroatoms. The normalized spacial score (nSPS) is 15.6. The summed E-state index contributed by atoms with van der Waals surface area (Å²) in [6.07, 6.45) is 0.0260. The van der Waals surface area contributed by atoms with Crippen molar-refractivity contribution in [2.75, 3.05) is 23.9 Å². The van der Waals surface area contributed by atoms with Crippen LogP contribution >= 0.6 is 11.3 Å². The number of thiazole rings is 1. The molecule has 1 saturated heterocycles. The molecular formula is C24H21N5O4S. The van der Waals surface area contributed by atoms with E-state index < -0.39 is 11.9 Å². The summed E-state index contributed by atoms with van der Waals surface area (Å²) in [5.41, 5.74) is 3.75. The third kappa shape index (κ3) is 3.92. The van der Waals surface area contributed by atoms with Crippen molar-refractivity contribution in [2.45, 2.75) is 13.3 Å². The monoisotopic (exact) mass is 475 g/mol. The lowest BCUT2D eigenvalue weighted by Crippen LogP contribution is -2.29. The third-order valence-electron chi connectivity index (χ3n) is 5.76. The highest BCUT2D eigenvalue weighted by atomic mass is 32.1. The van der Waals surface area contributed by atoms with Gasteiger partial charge in [0.05, 0.1) is 30.0 Å². The summed E-state index contributed by atoms with van der Waals surface area (Å²) in [5, 5.41) is 9.16. The number of aryl methyl sites for hydroxylation is 1. The SMILES string of the molecule is COC(=O)c1ccccc1N1CC(C(=O)Nc2nc3scc(-c4ccc(C)cc4)n3n2)CC1=O. The number of anilines is 2. The first kappa shape index (κ1) is 21.8. The van der Waals surface area contributed by atoms with Crippen LogP contribution in [0.2, 0.25) is 0 Å². The maximum atomic E-state index is 12.9. The first-order chi connectivity index (χ1) is 16.4. The van der Waals surface area contributed by atoms with Crippen LogP contribution in [0.25, 0.3) is 16.2 Å². The van der Waals surface area contributed by atoms with Gasteiger partial charge < -0.3 is 9.64 Å². The Morgan fingerprint density at radius 2 is 1.91 bits per heavy atom. The maximum Gasteiger partial charge on any atom is 0.339 e. The number of amides is 2. The van der Waals surface area contributed by atoms with Crippen LogP contribution in [-0.2, 0) is 14.3 Å². The topological polar surface area (TPSA) is 106 Å². The minimum atomic E-state index is -0.601. The first-order valence-electron chi connectivity index (χ1n) is 10.6. The molecule has 1 fully saturated rings. The second kappa shape index (κ2) is 8.71. The summed E-state index contributed by atoms with van der Waals surface area (Å²) in [4.78, 5) is 44.2. The molecule has 1 atom stereocenters. The van der Waals surface area contributed by atoms with Gasteiger partial charge in [-0.2, -0.15) is 4.98 Å². The number of nitrogens with one attached hydrogen (secondary N) is 1. The van der Waals surface area contributed by atoms with Crippen molar-refractivity contribution in [3.8, 4) is 11.3 Å². The molecule has 2 aromatic heterocycles. The lowest BCUT2D eigenvalue weighted by atomic mass is 10.1. The van der Waals surface area contributed by atoms with E-state index >= 15 is 0 Å². The molecule has 34 heavy (non-hydrogen) atoms. The van der Waals surface area contributed by atoms with E-state index in [1.165, 1.54) is 23.3 Å². The van der Waals surface area contributed by atoms with Gasteiger partial charge in [-0.25, -0.2) is 9.31 Å². The number of aromatic nitrogens is 3. The molecule has 0 aliphatic carbocycles. The lowest BCUT2D eigenvalue weighted by molar-refractivity contribution is -0.122. The van der Waals surface area contributed by atoms with Gasteiger partial charge in [-0.3, -0.25) is 14.9 Å². The average Bonchev–Trinajstić information content (AvgIpc) is 3.53. The number of methoxy groups -OCH3 is 1. The number of nitrogens with zero attached hydrogens (tertiary/aromatic N) is 4. The molecule has 0 bridgehead atoms. The van der Waals surface area contributed by atoms with Gasteiger partial charge in [0.2, 0.25) is 22.7 Å². The molecule has 0 saturated carbocycles. The summed E-state index contributed by atoms with van der Waals surface area (Å²) in [7, 11) is 1.29. The van der Waals surface area contributed by atoms with Crippen molar-refractivity contribution in [3.05, 3.63) is 65.0 Å². The van der Waals surface area contributed by atoms with Gasteiger partial charge in [0, 0.05) is 23.9 Å². The van der Waals surface area contributed by atoms with Gasteiger partial charge in [-0.1, -0.05) is 42.0 Å². The van der Waals surface area contributed by atoms with E-state index in [0.717, 1.165) is 16.8 Å². The van der Waals surface area contributed by atoms with E-state index in [9.17, 15) is 14.4 Å². The molecule has 1 unspecified atom stereocenters. The van der Waals surface area contributed by atoms with Crippen molar-refractivity contribution < 1.29 is 19.1 Å². The zero-order chi connectivity index (χ0) is 23.8. The predicted octanol–water partition coefficient (Wildman–Crippen LogP) is 3.54. The number of benzene rings is 2. The van der Waals surface area contributed by atoms with Crippen molar-refractivity contribution >= 4 is 45.7 Å². The Kier molecular flexibility index (Phi) is 5.58. The highest BCUT2D eigenvalue weighted by molar-refractivity contribution is 7.15. The number of ether oxygens (including phenoxy) is 1. The third-order valence-corrected chi connectivity index (χ3v) is 6.58. The van der Waals surface area contributed by atoms with Gasteiger partial charge >= 0.3 is 5.97 Å². The minimum Gasteiger partial charge on any atom is -0.465 e. The molecule has 5 rings (SSSR count). The number of para-hydroxylation sites is 1. The van der Waals surface area contributed by atoms with Crippen LogP contribution in [0.3, 0.4) is 0 Å². The van der Waals surface area contributed by atoms with Gasteiger partial charge in [-0.05, 0) is 19.1 Å². The molecule has 1 aliphatic rings. The fourth-order valence-electron chi connectivity index (χ4n) is 3.98. The summed E-state index contributed by atoms with van der Waals surface area (Å²) < 4.78 is 6.52. The fraction of sp³-hybridized carbons (Fsp3) is 0.208. The Bertz CT molecular complexity index is 1410. The Labute approximate surface area is 199 Å². The van der Waals surface area contributed by atoms with Crippen LogP contribution in [0.1, 0.15) is 22.3 Å². The largest absolute Gasteiger partial charge is 0.465 e. The van der Waals surface area contributed by atoms with E-state index in [1.807, 2.05) is 36.6 Å². The van der Waals surface area contributed by atoms with Gasteiger partial charge in [-0.15, -0.1) is 16.4 Å². The molecule has 2 amide bonds. The molecule has 172 valence electrons. The van der Waals surface area contributed by atoms with E-state index in [0.29, 0.717) is 10.6 Å². The number of hydrogen-bond acceptors (Lipinski definition) is 7. The Morgan fingerprint density at radius 3 is 2.68 bits per heavy atom. The fourth-order valence-corrected chi connectivity index (χ4v) is 4.81. The first-order valence-corrected chi connectivity index (χ1v) is 11.5. The second-order valence-corrected chi connectivity index (χ2v) is 8.86. The molecule has 4 aromatic rings. The summed E-state index contributed by atoms with van der Waals surface area (Å²) >= 11 is 1.43. The predicted molar refractivity (Wildman–Crippen MR) is 128 cm³/mol. The number of rotatable bonds is 5. The second-order valence-electron chi connectivity index (χ2n) is 8.02. The van der Waals surface area contributed by atoms with Crippen LogP contribution in [0.15, 0.2) is 53.9 Å². The minimum absolute atomic E-state index is 0.0260. The van der Waals surface area contributed by atoms with Gasteiger partial charge in [0.1, 0.15) is 0 Å². The van der Waals surface area contributed by atoms with Crippen LogP contribution in [-0.4, -0.2) is 46.0 Å². The molecule has 0 spiro atoms. The summed E-state index contributed by atoms with van der Waals surface area (Å²) in [6.45, 7) is 2.18. The number of fused-ring (bicyclic) bond motifs is 1. The Hall–Kier alpha value is -4.05. The molecular weight excluding hydrogens is 454 g/mol. The number of carbonyl (C=O) groups excluding carboxylic acids is 3.